The largest absolute Gasteiger partial charge is 0.283 e. The minimum Gasteiger partial charge on any atom is -0.199 e. The van der Waals surface area contributed by atoms with Crippen LogP contribution in [-0.2, 0) is 10.0 Å². The third-order valence-corrected chi connectivity index (χ3v) is 4.81. The Balaban J connectivity index is 2.53. The molecule has 7 heteroatoms. The van der Waals surface area contributed by atoms with Crippen molar-refractivity contribution in [2.75, 3.05) is 0 Å². The molecule has 0 fully saturated rings. The summed E-state index contributed by atoms with van der Waals surface area (Å²) >= 11 is 8.82. The predicted octanol–water partition coefficient (Wildman–Crippen LogP) is 2.84. The molecule has 0 aliphatic carbocycles. The fraction of sp³-hybridized carbons (Fsp3) is 0.100. The molecule has 0 N–H and O–H groups in total. The van der Waals surface area contributed by atoms with Gasteiger partial charge in [0.05, 0.1) is 15.6 Å². The number of aryl methyl sites for hydroxylation is 1. The van der Waals surface area contributed by atoms with E-state index in [1.807, 2.05) is 6.92 Å². The Morgan fingerprint density at radius 3 is 2.35 bits per heavy atom. The monoisotopic (exact) mass is 334 g/mol. The number of hydrogen-bond donors (Lipinski definition) is 0. The van der Waals surface area contributed by atoms with Gasteiger partial charge >= 0.3 is 0 Å². The summed E-state index contributed by atoms with van der Waals surface area (Å²) in [7, 11) is -3.67. The summed E-state index contributed by atoms with van der Waals surface area (Å²) in [6.07, 6.45) is 1.32. The molecule has 17 heavy (non-hydrogen) atoms. The minimum atomic E-state index is -3.67. The molecule has 4 nitrogen and oxygen atoms in total. The molecule has 0 atom stereocenters. The lowest BCUT2D eigenvalue weighted by molar-refractivity contribution is 0.580. The third-order valence-electron chi connectivity index (χ3n) is 2.17. The van der Waals surface area contributed by atoms with Crippen LogP contribution in [0.1, 0.15) is 5.56 Å². The Morgan fingerprint density at radius 1 is 1.29 bits per heavy atom. The Bertz CT molecular complexity index is 630. The van der Waals surface area contributed by atoms with Crippen LogP contribution >= 0.6 is 27.5 Å². The molecule has 0 saturated carbocycles. The maximum atomic E-state index is 12.1. The average molecular weight is 336 g/mol. The van der Waals surface area contributed by atoms with Gasteiger partial charge in [-0.3, -0.25) is 0 Å². The van der Waals surface area contributed by atoms with Crippen molar-refractivity contribution in [2.24, 2.45) is 0 Å². The van der Waals surface area contributed by atoms with E-state index in [1.165, 1.54) is 18.3 Å². The molecule has 0 bridgehead atoms. The second-order valence-electron chi connectivity index (χ2n) is 3.46. The first-order valence-corrected chi connectivity index (χ1v) is 7.25. The standard InChI is InChI=1S/C10H8BrClN2O2S/c1-7-2-4-8(5-3-7)17(15,16)14-6-9(11)10(12)13-14/h2-6H,1H3. The van der Waals surface area contributed by atoms with Crippen molar-refractivity contribution < 1.29 is 8.42 Å². The average Bonchev–Trinajstić information content (AvgIpc) is 2.60. The van der Waals surface area contributed by atoms with Crippen LogP contribution in [0.4, 0.5) is 0 Å². The second kappa shape index (κ2) is 4.44. The number of nitrogens with zero attached hydrogens (tertiary/aromatic N) is 2. The maximum absolute atomic E-state index is 12.1. The normalized spacial score (nSPS) is 11.7. The molecule has 2 rings (SSSR count). The smallest absolute Gasteiger partial charge is 0.199 e. The van der Waals surface area contributed by atoms with Crippen molar-refractivity contribution in [3.05, 3.63) is 45.7 Å². The number of aromatic nitrogens is 2. The number of rotatable bonds is 2. The molecular formula is C10H8BrClN2O2S. The zero-order chi connectivity index (χ0) is 12.6. The Morgan fingerprint density at radius 2 is 1.88 bits per heavy atom. The van der Waals surface area contributed by atoms with E-state index >= 15 is 0 Å². The van der Waals surface area contributed by atoms with Crippen LogP contribution in [0, 0.1) is 6.92 Å². The van der Waals surface area contributed by atoms with Gasteiger partial charge in [0.25, 0.3) is 10.0 Å². The van der Waals surface area contributed by atoms with Crippen LogP contribution in [0.25, 0.3) is 0 Å². The van der Waals surface area contributed by atoms with Crippen LogP contribution in [-0.4, -0.2) is 17.6 Å². The SMILES string of the molecule is Cc1ccc(S(=O)(=O)n2cc(Br)c(Cl)n2)cc1. The topological polar surface area (TPSA) is 52.0 Å². The van der Waals surface area contributed by atoms with E-state index in [1.54, 1.807) is 12.1 Å². The van der Waals surface area contributed by atoms with Gasteiger partial charge in [-0.05, 0) is 35.0 Å². The van der Waals surface area contributed by atoms with Crippen LogP contribution in [0.2, 0.25) is 5.15 Å². The highest BCUT2D eigenvalue weighted by molar-refractivity contribution is 9.10. The Hall–Kier alpha value is -0.850. The van der Waals surface area contributed by atoms with Crippen molar-refractivity contribution in [2.45, 2.75) is 11.8 Å². The number of benzene rings is 1. The first-order chi connectivity index (χ1) is 7.91. The Labute approximate surface area is 112 Å². The molecule has 0 aliphatic heterocycles. The number of hydrogen-bond acceptors (Lipinski definition) is 3. The molecule has 1 aromatic carbocycles. The molecule has 1 aromatic heterocycles. The highest BCUT2D eigenvalue weighted by atomic mass is 79.9. The van der Waals surface area contributed by atoms with Gasteiger partial charge in [-0.15, -0.1) is 5.10 Å². The van der Waals surface area contributed by atoms with Gasteiger partial charge in [-0.1, -0.05) is 29.3 Å². The predicted molar refractivity (Wildman–Crippen MR) is 68.7 cm³/mol. The summed E-state index contributed by atoms with van der Waals surface area (Å²) in [4.78, 5) is 0.176. The molecule has 0 saturated heterocycles. The fourth-order valence-electron chi connectivity index (χ4n) is 1.25. The number of halogens is 2. The van der Waals surface area contributed by atoms with Crippen molar-refractivity contribution in [1.82, 2.24) is 9.19 Å². The Kier molecular flexibility index (Phi) is 3.29. The third kappa shape index (κ3) is 2.38. The van der Waals surface area contributed by atoms with Gasteiger partial charge in [0.1, 0.15) is 0 Å². The van der Waals surface area contributed by atoms with Gasteiger partial charge in [-0.2, -0.15) is 12.5 Å². The first-order valence-electron chi connectivity index (χ1n) is 4.64. The summed E-state index contributed by atoms with van der Waals surface area (Å²) in [5.74, 6) is 0. The van der Waals surface area contributed by atoms with E-state index in [2.05, 4.69) is 21.0 Å². The molecule has 0 radical (unpaired) electrons. The van der Waals surface area contributed by atoms with E-state index in [-0.39, 0.29) is 10.0 Å². The fourth-order valence-corrected chi connectivity index (χ4v) is 2.97. The van der Waals surface area contributed by atoms with Crippen LogP contribution in [0.15, 0.2) is 39.8 Å². The molecule has 1 heterocycles. The minimum absolute atomic E-state index is 0.112. The van der Waals surface area contributed by atoms with E-state index < -0.39 is 10.0 Å². The van der Waals surface area contributed by atoms with Gasteiger partial charge in [-0.25, -0.2) is 0 Å². The lowest BCUT2D eigenvalue weighted by Gasteiger charge is -2.03. The van der Waals surface area contributed by atoms with E-state index in [4.69, 9.17) is 11.6 Å². The van der Waals surface area contributed by atoms with Gasteiger partial charge in [0.2, 0.25) is 0 Å². The van der Waals surface area contributed by atoms with Gasteiger partial charge in [0.15, 0.2) is 5.15 Å². The van der Waals surface area contributed by atoms with Crippen molar-refractivity contribution in [1.29, 1.82) is 0 Å². The van der Waals surface area contributed by atoms with Crippen molar-refractivity contribution in [3.63, 3.8) is 0 Å². The van der Waals surface area contributed by atoms with E-state index in [0.29, 0.717) is 4.47 Å². The van der Waals surface area contributed by atoms with Crippen molar-refractivity contribution >= 4 is 37.6 Å². The zero-order valence-electron chi connectivity index (χ0n) is 8.76. The highest BCUT2D eigenvalue weighted by Gasteiger charge is 2.19. The summed E-state index contributed by atoms with van der Waals surface area (Å²) in [5.41, 5.74) is 0.989. The maximum Gasteiger partial charge on any atom is 0.283 e. The van der Waals surface area contributed by atoms with E-state index in [9.17, 15) is 8.42 Å². The first kappa shape index (κ1) is 12.6. The lowest BCUT2D eigenvalue weighted by Crippen LogP contribution is -2.13. The summed E-state index contributed by atoms with van der Waals surface area (Å²) in [6.45, 7) is 1.89. The van der Waals surface area contributed by atoms with Crippen LogP contribution < -0.4 is 0 Å². The van der Waals surface area contributed by atoms with Gasteiger partial charge in [0, 0.05) is 0 Å². The molecule has 2 aromatic rings. The summed E-state index contributed by atoms with van der Waals surface area (Å²) < 4.78 is 25.6. The molecular weight excluding hydrogens is 328 g/mol. The second-order valence-corrected chi connectivity index (χ2v) is 6.47. The molecule has 0 unspecified atom stereocenters. The molecule has 90 valence electrons. The highest BCUT2D eigenvalue weighted by Crippen LogP contribution is 2.23. The molecule has 0 amide bonds. The van der Waals surface area contributed by atoms with E-state index in [0.717, 1.165) is 9.65 Å². The molecule has 0 spiro atoms. The van der Waals surface area contributed by atoms with Crippen LogP contribution in [0.3, 0.4) is 0 Å². The quantitative estimate of drug-likeness (QED) is 0.848. The zero-order valence-corrected chi connectivity index (χ0v) is 11.9. The van der Waals surface area contributed by atoms with Crippen molar-refractivity contribution in [3.8, 4) is 0 Å². The molecule has 0 aliphatic rings. The van der Waals surface area contributed by atoms with Gasteiger partial charge < -0.3 is 0 Å². The summed E-state index contributed by atoms with van der Waals surface area (Å²) in [5, 5.41) is 3.84. The summed E-state index contributed by atoms with van der Waals surface area (Å²) in [6, 6.07) is 6.53. The lowest BCUT2D eigenvalue weighted by atomic mass is 10.2. The van der Waals surface area contributed by atoms with Crippen LogP contribution in [0.5, 0.6) is 0 Å².